The minimum Gasteiger partial charge on any atom is -0.496 e. The number of nitrogens with one attached hydrogen (secondary N) is 1. The van der Waals surface area contributed by atoms with E-state index in [2.05, 4.69) is 5.43 Å². The number of methoxy groups -OCH3 is 1. The molecular weight excluding hydrogens is 342 g/mol. The Kier molecular flexibility index (Phi) is 4.48. The molecule has 0 aliphatic carbocycles. The third kappa shape index (κ3) is 2.75. The Bertz CT molecular complexity index is 995. The molecular formula is C18H16ClN3O3. The number of halogens is 1. The van der Waals surface area contributed by atoms with Crippen molar-refractivity contribution >= 4 is 34.3 Å². The van der Waals surface area contributed by atoms with E-state index in [1.165, 1.54) is 11.7 Å². The molecule has 128 valence electrons. The maximum atomic E-state index is 13.2. The first-order valence-corrected chi connectivity index (χ1v) is 7.86. The van der Waals surface area contributed by atoms with Crippen LogP contribution in [0.5, 0.6) is 5.75 Å². The van der Waals surface area contributed by atoms with Crippen LogP contribution < -0.4 is 16.0 Å². The summed E-state index contributed by atoms with van der Waals surface area (Å²) in [6.45, 7) is 1.69. The first-order valence-electron chi connectivity index (χ1n) is 7.48. The zero-order valence-corrected chi connectivity index (χ0v) is 14.4. The van der Waals surface area contributed by atoms with Crippen LogP contribution in [-0.4, -0.2) is 23.5 Å². The number of benzene rings is 2. The first kappa shape index (κ1) is 17.0. The second kappa shape index (κ2) is 6.58. The fourth-order valence-corrected chi connectivity index (χ4v) is 3.13. The maximum absolute atomic E-state index is 13.2. The molecule has 1 heterocycles. The standard InChI is InChI=1S/C18H16ClN3O3/c1-10-16(17(23)21-20)12-5-3-4-6-14(12)22(10)18(24)13-9-11(19)7-8-15(13)25-2/h3-9H,20H2,1-2H3,(H,21,23). The largest absolute Gasteiger partial charge is 0.496 e. The highest BCUT2D eigenvalue weighted by Crippen LogP contribution is 2.30. The predicted molar refractivity (Wildman–Crippen MR) is 96.1 cm³/mol. The fourth-order valence-electron chi connectivity index (χ4n) is 2.96. The number of nitrogen functional groups attached to an aromatic ring is 1. The molecule has 25 heavy (non-hydrogen) atoms. The van der Waals surface area contributed by atoms with E-state index < -0.39 is 5.91 Å². The number of para-hydroxylation sites is 1. The minimum absolute atomic E-state index is 0.304. The summed E-state index contributed by atoms with van der Waals surface area (Å²) in [5.74, 6) is 4.89. The lowest BCUT2D eigenvalue weighted by molar-refractivity contribution is 0.0953. The van der Waals surface area contributed by atoms with Crippen LogP contribution in [0, 0.1) is 6.92 Å². The van der Waals surface area contributed by atoms with Crippen LogP contribution in [0.15, 0.2) is 42.5 Å². The van der Waals surface area contributed by atoms with Gasteiger partial charge in [0.1, 0.15) is 5.75 Å². The number of nitrogens with zero attached hydrogens (tertiary/aromatic N) is 1. The van der Waals surface area contributed by atoms with Gasteiger partial charge < -0.3 is 4.74 Å². The van der Waals surface area contributed by atoms with Crippen molar-refractivity contribution in [3.63, 3.8) is 0 Å². The third-order valence-electron chi connectivity index (χ3n) is 4.06. The Morgan fingerprint density at radius 2 is 1.92 bits per heavy atom. The smallest absolute Gasteiger partial charge is 0.267 e. The van der Waals surface area contributed by atoms with E-state index in [1.807, 2.05) is 0 Å². The van der Waals surface area contributed by atoms with Crippen LogP contribution in [0.3, 0.4) is 0 Å². The number of aromatic nitrogens is 1. The SMILES string of the molecule is COc1ccc(Cl)cc1C(=O)n1c(C)c(C(=O)NN)c2ccccc21. The Labute approximate surface area is 149 Å². The Hall–Kier alpha value is -2.83. The van der Waals surface area contributed by atoms with Crippen molar-refractivity contribution in [2.75, 3.05) is 7.11 Å². The number of rotatable bonds is 3. The van der Waals surface area contributed by atoms with Crippen molar-refractivity contribution in [3.05, 3.63) is 64.3 Å². The molecule has 6 nitrogen and oxygen atoms in total. The molecule has 0 radical (unpaired) electrons. The number of hydrazine groups is 1. The highest BCUT2D eigenvalue weighted by molar-refractivity contribution is 6.31. The lowest BCUT2D eigenvalue weighted by Gasteiger charge is -2.11. The first-order chi connectivity index (χ1) is 12.0. The zero-order valence-electron chi connectivity index (χ0n) is 13.7. The number of ether oxygens (including phenoxy) is 1. The van der Waals surface area contributed by atoms with Crippen molar-refractivity contribution in [1.82, 2.24) is 9.99 Å². The molecule has 7 heteroatoms. The summed E-state index contributed by atoms with van der Waals surface area (Å²) >= 11 is 6.04. The lowest BCUT2D eigenvalue weighted by atomic mass is 10.1. The molecule has 0 atom stereocenters. The maximum Gasteiger partial charge on any atom is 0.267 e. The van der Waals surface area contributed by atoms with E-state index in [0.29, 0.717) is 38.5 Å². The summed E-state index contributed by atoms with van der Waals surface area (Å²) in [7, 11) is 1.48. The number of amides is 1. The molecule has 3 rings (SSSR count). The van der Waals surface area contributed by atoms with E-state index in [-0.39, 0.29) is 5.91 Å². The molecule has 0 aliphatic rings. The van der Waals surface area contributed by atoms with Crippen LogP contribution in [0.25, 0.3) is 10.9 Å². The van der Waals surface area contributed by atoms with E-state index in [1.54, 1.807) is 49.4 Å². The highest BCUT2D eigenvalue weighted by atomic mass is 35.5. The van der Waals surface area contributed by atoms with E-state index in [0.717, 1.165) is 0 Å². The van der Waals surface area contributed by atoms with Gasteiger partial charge in [0.05, 0.1) is 23.8 Å². The van der Waals surface area contributed by atoms with Gasteiger partial charge in [-0.15, -0.1) is 0 Å². The van der Waals surface area contributed by atoms with Gasteiger partial charge in [0.25, 0.3) is 11.8 Å². The fraction of sp³-hybridized carbons (Fsp3) is 0.111. The Morgan fingerprint density at radius 1 is 1.20 bits per heavy atom. The van der Waals surface area contributed by atoms with Gasteiger partial charge in [-0.3, -0.25) is 19.6 Å². The number of carbonyl (C=O) groups is 2. The molecule has 1 amide bonds. The Balaban J connectivity index is 2.30. The molecule has 1 aromatic heterocycles. The van der Waals surface area contributed by atoms with Gasteiger partial charge in [-0.05, 0) is 31.2 Å². The number of hydrogen-bond acceptors (Lipinski definition) is 4. The molecule has 3 aromatic rings. The van der Waals surface area contributed by atoms with Gasteiger partial charge in [0, 0.05) is 16.1 Å². The summed E-state index contributed by atoms with van der Waals surface area (Å²) in [4.78, 5) is 25.4. The summed E-state index contributed by atoms with van der Waals surface area (Å²) in [5, 5.41) is 1.05. The second-order valence-corrected chi connectivity index (χ2v) is 5.87. The lowest BCUT2D eigenvalue weighted by Crippen LogP contribution is -2.30. The average molecular weight is 358 g/mol. The molecule has 3 N–H and O–H groups in total. The van der Waals surface area contributed by atoms with Crippen molar-refractivity contribution in [3.8, 4) is 5.75 Å². The molecule has 0 bridgehead atoms. The van der Waals surface area contributed by atoms with Crippen LogP contribution in [0.2, 0.25) is 5.02 Å². The molecule has 0 aliphatic heterocycles. The predicted octanol–water partition coefficient (Wildman–Crippen LogP) is 2.90. The molecule has 0 saturated heterocycles. The van der Waals surface area contributed by atoms with E-state index in [4.69, 9.17) is 22.2 Å². The van der Waals surface area contributed by atoms with E-state index in [9.17, 15) is 9.59 Å². The number of carbonyl (C=O) groups excluding carboxylic acids is 2. The van der Waals surface area contributed by atoms with Gasteiger partial charge in [-0.1, -0.05) is 29.8 Å². The number of nitrogens with two attached hydrogens (primary N) is 1. The topological polar surface area (TPSA) is 86.3 Å². The summed E-state index contributed by atoms with van der Waals surface area (Å²) in [6, 6.07) is 11.9. The molecule has 0 unspecified atom stereocenters. The minimum atomic E-state index is -0.460. The summed E-state index contributed by atoms with van der Waals surface area (Å²) in [6.07, 6.45) is 0. The van der Waals surface area contributed by atoms with Crippen LogP contribution in [0.4, 0.5) is 0 Å². The highest BCUT2D eigenvalue weighted by Gasteiger charge is 2.25. The normalized spacial score (nSPS) is 10.7. The summed E-state index contributed by atoms with van der Waals surface area (Å²) in [5.41, 5.74) is 3.87. The van der Waals surface area contributed by atoms with Gasteiger partial charge in [0.15, 0.2) is 0 Å². The number of hydrogen-bond donors (Lipinski definition) is 2. The summed E-state index contributed by atoms with van der Waals surface area (Å²) < 4.78 is 6.74. The van der Waals surface area contributed by atoms with Crippen LogP contribution >= 0.6 is 11.6 Å². The van der Waals surface area contributed by atoms with E-state index >= 15 is 0 Å². The average Bonchev–Trinajstić information content (AvgIpc) is 2.92. The quantitative estimate of drug-likeness (QED) is 0.428. The molecule has 0 fully saturated rings. The van der Waals surface area contributed by atoms with Crippen molar-refractivity contribution in [2.45, 2.75) is 6.92 Å². The monoisotopic (exact) mass is 357 g/mol. The third-order valence-corrected chi connectivity index (χ3v) is 4.30. The van der Waals surface area contributed by atoms with Gasteiger partial charge in [-0.2, -0.15) is 0 Å². The van der Waals surface area contributed by atoms with Crippen LogP contribution in [-0.2, 0) is 0 Å². The van der Waals surface area contributed by atoms with Crippen LogP contribution in [0.1, 0.15) is 26.4 Å². The van der Waals surface area contributed by atoms with Crippen molar-refractivity contribution < 1.29 is 14.3 Å². The molecule has 0 saturated carbocycles. The van der Waals surface area contributed by atoms with Gasteiger partial charge >= 0.3 is 0 Å². The second-order valence-electron chi connectivity index (χ2n) is 5.44. The van der Waals surface area contributed by atoms with Gasteiger partial charge in [-0.25, -0.2) is 5.84 Å². The zero-order chi connectivity index (χ0) is 18.1. The number of fused-ring (bicyclic) bond motifs is 1. The Morgan fingerprint density at radius 3 is 2.60 bits per heavy atom. The molecule has 0 spiro atoms. The van der Waals surface area contributed by atoms with Crippen molar-refractivity contribution in [2.24, 2.45) is 5.84 Å². The molecule has 2 aromatic carbocycles. The van der Waals surface area contributed by atoms with Crippen molar-refractivity contribution in [1.29, 1.82) is 0 Å². The van der Waals surface area contributed by atoms with Gasteiger partial charge in [0.2, 0.25) is 0 Å².